The molecule has 0 saturated heterocycles. The number of hydrogen-bond donors (Lipinski definition) is 2. The molecule has 0 unspecified atom stereocenters. The second-order valence-corrected chi connectivity index (χ2v) is 6.59. The molecule has 0 bridgehead atoms. The maximum absolute atomic E-state index is 11.6. The minimum atomic E-state index is -0.619. The number of allylic oxidation sites excluding steroid dienone is 1. The molecule has 0 spiro atoms. The first kappa shape index (κ1) is 20.4. The van der Waals surface area contributed by atoms with Crippen LogP contribution in [0.2, 0.25) is 0 Å². The van der Waals surface area contributed by atoms with Crippen molar-refractivity contribution in [2.24, 2.45) is 11.7 Å². The zero-order valence-corrected chi connectivity index (χ0v) is 14.8. The molecule has 1 aromatic carbocycles. The molecule has 0 fully saturated rings. The number of benzene rings is 1. The Morgan fingerprint density at radius 2 is 1.71 bits per heavy atom. The van der Waals surface area contributed by atoms with Crippen LogP contribution in [0.3, 0.4) is 0 Å². The largest absolute Gasteiger partial charge is 0.392 e. The van der Waals surface area contributed by atoms with Crippen LogP contribution in [0.4, 0.5) is 0 Å². The highest BCUT2D eigenvalue weighted by Crippen LogP contribution is 2.19. The highest BCUT2D eigenvalue weighted by Gasteiger charge is 2.23. The van der Waals surface area contributed by atoms with Gasteiger partial charge in [0.25, 0.3) is 0 Å². The highest BCUT2D eigenvalue weighted by atomic mass is 16.3. The van der Waals surface area contributed by atoms with Gasteiger partial charge in [0.05, 0.1) is 12.0 Å². The average Bonchev–Trinajstić information content (AvgIpc) is 2.58. The monoisotopic (exact) mass is 331 g/mol. The molecule has 1 amide bonds. The number of rotatable bonds is 14. The molecule has 1 rings (SSSR count). The number of amides is 1. The van der Waals surface area contributed by atoms with Crippen molar-refractivity contribution in [3.8, 4) is 0 Å². The van der Waals surface area contributed by atoms with Gasteiger partial charge in [-0.05, 0) is 44.1 Å². The van der Waals surface area contributed by atoms with Gasteiger partial charge >= 0.3 is 0 Å². The molecular weight excluding hydrogens is 298 g/mol. The summed E-state index contributed by atoms with van der Waals surface area (Å²) in [6.07, 6.45) is 11.1. The quantitative estimate of drug-likeness (QED) is 0.392. The van der Waals surface area contributed by atoms with E-state index >= 15 is 0 Å². The lowest BCUT2D eigenvalue weighted by Crippen LogP contribution is -2.33. The number of primary amides is 1. The van der Waals surface area contributed by atoms with Crippen LogP contribution in [0.5, 0.6) is 0 Å². The van der Waals surface area contributed by atoms with Crippen LogP contribution < -0.4 is 5.73 Å². The predicted octanol–water partition coefficient (Wildman–Crippen LogP) is 4.39. The van der Waals surface area contributed by atoms with Gasteiger partial charge in [-0.15, -0.1) is 6.58 Å². The third-order valence-electron chi connectivity index (χ3n) is 4.56. The van der Waals surface area contributed by atoms with Crippen LogP contribution in [0.1, 0.15) is 63.4 Å². The summed E-state index contributed by atoms with van der Waals surface area (Å²) in [7, 11) is 0. The summed E-state index contributed by atoms with van der Waals surface area (Å²) in [6, 6.07) is 10.2. The summed E-state index contributed by atoms with van der Waals surface area (Å²) in [6.45, 7) is 3.72. The summed E-state index contributed by atoms with van der Waals surface area (Å²) in [5.41, 5.74) is 6.75. The zero-order valence-electron chi connectivity index (χ0n) is 14.8. The smallest absolute Gasteiger partial charge is 0.223 e. The Bertz CT molecular complexity index is 458. The maximum atomic E-state index is 11.6. The van der Waals surface area contributed by atoms with Gasteiger partial charge in [0, 0.05) is 0 Å². The minimum Gasteiger partial charge on any atom is -0.392 e. The lowest BCUT2D eigenvalue weighted by atomic mass is 9.91. The zero-order chi connectivity index (χ0) is 17.6. The van der Waals surface area contributed by atoms with E-state index in [9.17, 15) is 9.90 Å². The van der Waals surface area contributed by atoms with Crippen molar-refractivity contribution in [3.05, 3.63) is 48.6 Å². The SMILES string of the molecule is C=CCCCCCCC[C@@H](C(N)=O)[C@H](O)CCCc1ccccc1. The average molecular weight is 332 g/mol. The first-order valence-corrected chi connectivity index (χ1v) is 9.27. The molecule has 3 N–H and O–H groups in total. The van der Waals surface area contributed by atoms with Crippen LogP contribution in [-0.4, -0.2) is 17.1 Å². The van der Waals surface area contributed by atoms with Crippen LogP contribution in [0.15, 0.2) is 43.0 Å². The van der Waals surface area contributed by atoms with Crippen molar-refractivity contribution >= 4 is 5.91 Å². The van der Waals surface area contributed by atoms with E-state index in [1.165, 1.54) is 24.8 Å². The fourth-order valence-corrected chi connectivity index (χ4v) is 3.07. The van der Waals surface area contributed by atoms with E-state index in [-0.39, 0.29) is 5.91 Å². The fraction of sp³-hybridized carbons (Fsp3) is 0.571. The number of aryl methyl sites for hydroxylation is 1. The maximum Gasteiger partial charge on any atom is 0.223 e. The fourth-order valence-electron chi connectivity index (χ4n) is 3.07. The first-order valence-electron chi connectivity index (χ1n) is 9.27. The van der Waals surface area contributed by atoms with Crippen LogP contribution >= 0.6 is 0 Å². The Labute approximate surface area is 147 Å². The van der Waals surface area contributed by atoms with Gasteiger partial charge in [0.1, 0.15) is 0 Å². The van der Waals surface area contributed by atoms with Crippen molar-refractivity contribution in [2.75, 3.05) is 0 Å². The Balaban J connectivity index is 2.22. The van der Waals surface area contributed by atoms with Crippen LogP contribution in [0.25, 0.3) is 0 Å². The Hall–Kier alpha value is -1.61. The van der Waals surface area contributed by atoms with Crippen molar-refractivity contribution < 1.29 is 9.90 Å². The van der Waals surface area contributed by atoms with E-state index in [2.05, 4.69) is 18.7 Å². The molecule has 134 valence electrons. The molecule has 1 aromatic rings. The predicted molar refractivity (Wildman–Crippen MR) is 101 cm³/mol. The Morgan fingerprint density at radius 3 is 2.38 bits per heavy atom. The van der Waals surface area contributed by atoms with Crippen LogP contribution in [-0.2, 0) is 11.2 Å². The molecule has 0 aromatic heterocycles. The van der Waals surface area contributed by atoms with Gasteiger partial charge in [-0.25, -0.2) is 0 Å². The van der Waals surface area contributed by atoms with Gasteiger partial charge in [-0.1, -0.05) is 62.1 Å². The Kier molecular flexibility index (Phi) is 10.9. The molecule has 24 heavy (non-hydrogen) atoms. The number of unbranched alkanes of at least 4 members (excludes halogenated alkanes) is 5. The molecular formula is C21H33NO2. The minimum absolute atomic E-state index is 0.367. The van der Waals surface area contributed by atoms with Gasteiger partial charge in [0.2, 0.25) is 5.91 Å². The second kappa shape index (κ2) is 12.8. The molecule has 0 saturated carbocycles. The number of hydrogen-bond acceptors (Lipinski definition) is 2. The highest BCUT2D eigenvalue weighted by molar-refractivity contribution is 5.77. The molecule has 0 aliphatic carbocycles. The van der Waals surface area contributed by atoms with Crippen LogP contribution in [0, 0.1) is 5.92 Å². The number of carbonyl (C=O) groups excluding carboxylic acids is 1. The summed E-state index contributed by atoms with van der Waals surface area (Å²) < 4.78 is 0. The number of carbonyl (C=O) groups is 1. The van der Waals surface area contributed by atoms with Crippen molar-refractivity contribution in [1.29, 1.82) is 0 Å². The molecule has 3 heteroatoms. The molecule has 0 heterocycles. The van der Waals surface area contributed by atoms with E-state index in [1.54, 1.807) is 0 Å². The first-order chi connectivity index (χ1) is 11.6. The van der Waals surface area contributed by atoms with Gasteiger partial charge in [0.15, 0.2) is 0 Å². The van der Waals surface area contributed by atoms with E-state index in [0.29, 0.717) is 12.8 Å². The van der Waals surface area contributed by atoms with Gasteiger partial charge in [-0.2, -0.15) is 0 Å². The molecule has 0 aliphatic rings. The third-order valence-corrected chi connectivity index (χ3v) is 4.56. The summed E-state index contributed by atoms with van der Waals surface area (Å²) in [4.78, 5) is 11.6. The molecule has 3 nitrogen and oxygen atoms in total. The lowest BCUT2D eigenvalue weighted by Gasteiger charge is -2.20. The number of aliphatic hydroxyl groups excluding tert-OH is 1. The third kappa shape index (κ3) is 8.88. The topological polar surface area (TPSA) is 63.3 Å². The number of aliphatic hydroxyl groups is 1. The van der Waals surface area contributed by atoms with E-state index in [1.807, 2.05) is 24.3 Å². The van der Waals surface area contributed by atoms with Gasteiger partial charge in [-0.3, -0.25) is 4.79 Å². The lowest BCUT2D eigenvalue weighted by molar-refractivity contribution is -0.125. The Morgan fingerprint density at radius 1 is 1.04 bits per heavy atom. The molecule has 0 radical (unpaired) electrons. The standard InChI is InChI=1S/C21H33NO2/c1-2-3-4-5-6-7-11-16-19(21(22)24)20(23)17-12-15-18-13-9-8-10-14-18/h2,8-10,13-14,19-20,23H,1,3-7,11-12,15-17H2,(H2,22,24)/t19-,20-/m1/s1. The normalized spacial score (nSPS) is 13.4. The van der Waals surface area contributed by atoms with Crippen molar-refractivity contribution in [3.63, 3.8) is 0 Å². The summed E-state index contributed by atoms with van der Waals surface area (Å²) >= 11 is 0. The molecule has 2 atom stereocenters. The van der Waals surface area contributed by atoms with E-state index in [0.717, 1.165) is 32.1 Å². The van der Waals surface area contributed by atoms with E-state index < -0.39 is 12.0 Å². The van der Waals surface area contributed by atoms with Crippen molar-refractivity contribution in [1.82, 2.24) is 0 Å². The molecule has 0 aliphatic heterocycles. The second-order valence-electron chi connectivity index (χ2n) is 6.59. The van der Waals surface area contributed by atoms with E-state index in [4.69, 9.17) is 5.73 Å². The van der Waals surface area contributed by atoms with Gasteiger partial charge < -0.3 is 10.8 Å². The summed E-state index contributed by atoms with van der Waals surface area (Å²) in [5.74, 6) is -0.775. The van der Waals surface area contributed by atoms with Crippen molar-refractivity contribution in [2.45, 2.75) is 70.3 Å². The summed E-state index contributed by atoms with van der Waals surface area (Å²) in [5, 5.41) is 10.3. The number of nitrogens with two attached hydrogens (primary N) is 1.